The SMILES string of the molecule is O=C(c1ccc(F)cc1I)N1CC2CNCC2C1. The van der Waals surface area contributed by atoms with Gasteiger partial charge in [-0.15, -0.1) is 0 Å². The van der Waals surface area contributed by atoms with E-state index < -0.39 is 0 Å². The Morgan fingerprint density at radius 1 is 1.33 bits per heavy atom. The number of nitrogens with one attached hydrogen (secondary N) is 1. The third-order valence-corrected chi connectivity index (χ3v) is 4.73. The topological polar surface area (TPSA) is 32.3 Å². The summed E-state index contributed by atoms with van der Waals surface area (Å²) < 4.78 is 13.7. The number of carbonyl (C=O) groups is 1. The molecule has 0 saturated carbocycles. The maximum Gasteiger partial charge on any atom is 0.254 e. The molecule has 2 heterocycles. The van der Waals surface area contributed by atoms with Crippen LogP contribution in [0.25, 0.3) is 0 Å². The van der Waals surface area contributed by atoms with E-state index in [9.17, 15) is 9.18 Å². The molecule has 96 valence electrons. The smallest absolute Gasteiger partial charge is 0.254 e. The van der Waals surface area contributed by atoms with Crippen LogP contribution >= 0.6 is 22.6 Å². The van der Waals surface area contributed by atoms with E-state index in [4.69, 9.17) is 0 Å². The van der Waals surface area contributed by atoms with Crippen LogP contribution < -0.4 is 5.32 Å². The third kappa shape index (κ3) is 2.14. The second-order valence-corrected chi connectivity index (χ2v) is 6.17. The number of amides is 1. The Balaban J connectivity index is 1.79. The van der Waals surface area contributed by atoms with Crippen molar-refractivity contribution in [1.29, 1.82) is 0 Å². The fraction of sp³-hybridized carbons (Fsp3) is 0.462. The van der Waals surface area contributed by atoms with Crippen LogP contribution in [0.5, 0.6) is 0 Å². The van der Waals surface area contributed by atoms with Gasteiger partial charge in [0.15, 0.2) is 0 Å². The molecule has 2 saturated heterocycles. The van der Waals surface area contributed by atoms with E-state index in [2.05, 4.69) is 5.32 Å². The van der Waals surface area contributed by atoms with Gasteiger partial charge in [0.25, 0.3) is 5.91 Å². The lowest BCUT2D eigenvalue weighted by atomic mass is 10.0. The fourth-order valence-electron chi connectivity index (χ4n) is 2.85. The summed E-state index contributed by atoms with van der Waals surface area (Å²) in [5, 5.41) is 3.35. The minimum Gasteiger partial charge on any atom is -0.338 e. The number of carbonyl (C=O) groups excluding carboxylic acids is 1. The summed E-state index contributed by atoms with van der Waals surface area (Å²) in [6, 6.07) is 4.35. The summed E-state index contributed by atoms with van der Waals surface area (Å²) in [6.45, 7) is 3.66. The number of fused-ring (bicyclic) bond motifs is 1. The molecule has 5 heteroatoms. The molecular formula is C13H14FIN2O. The molecule has 0 radical (unpaired) electrons. The van der Waals surface area contributed by atoms with Crippen LogP contribution in [0.4, 0.5) is 4.39 Å². The van der Waals surface area contributed by atoms with Gasteiger partial charge in [0.2, 0.25) is 0 Å². The predicted octanol–water partition coefficient (Wildman–Crippen LogP) is 1.72. The Kier molecular flexibility index (Phi) is 3.27. The van der Waals surface area contributed by atoms with E-state index in [1.54, 1.807) is 6.07 Å². The molecule has 1 N–H and O–H groups in total. The molecule has 2 aliphatic heterocycles. The average Bonchev–Trinajstić information content (AvgIpc) is 2.87. The number of rotatable bonds is 1. The zero-order valence-electron chi connectivity index (χ0n) is 9.83. The van der Waals surface area contributed by atoms with E-state index in [0.717, 1.165) is 26.2 Å². The maximum atomic E-state index is 13.0. The molecule has 1 aromatic carbocycles. The molecule has 2 aliphatic rings. The molecule has 2 unspecified atom stereocenters. The first-order valence-corrected chi connectivity index (χ1v) is 7.18. The first kappa shape index (κ1) is 12.3. The Morgan fingerprint density at radius 2 is 2.00 bits per heavy atom. The molecule has 0 spiro atoms. The molecule has 3 nitrogen and oxygen atoms in total. The molecule has 0 bridgehead atoms. The second kappa shape index (κ2) is 4.77. The summed E-state index contributed by atoms with van der Waals surface area (Å²) >= 11 is 2.02. The molecule has 2 fully saturated rings. The van der Waals surface area contributed by atoms with Gasteiger partial charge in [0, 0.05) is 29.7 Å². The third-order valence-electron chi connectivity index (χ3n) is 3.84. The van der Waals surface area contributed by atoms with Gasteiger partial charge in [0.05, 0.1) is 5.56 Å². The van der Waals surface area contributed by atoms with E-state index in [-0.39, 0.29) is 11.7 Å². The Bertz CT molecular complexity index is 482. The molecule has 18 heavy (non-hydrogen) atoms. The van der Waals surface area contributed by atoms with E-state index in [1.807, 2.05) is 27.5 Å². The number of benzene rings is 1. The van der Waals surface area contributed by atoms with Crippen molar-refractivity contribution in [2.45, 2.75) is 0 Å². The highest BCUT2D eigenvalue weighted by Gasteiger charge is 2.38. The van der Waals surface area contributed by atoms with Crippen molar-refractivity contribution < 1.29 is 9.18 Å². The van der Waals surface area contributed by atoms with Crippen molar-refractivity contribution in [3.8, 4) is 0 Å². The van der Waals surface area contributed by atoms with Gasteiger partial charge in [-0.3, -0.25) is 4.79 Å². The highest BCUT2D eigenvalue weighted by molar-refractivity contribution is 14.1. The first-order chi connectivity index (χ1) is 8.65. The summed E-state index contributed by atoms with van der Waals surface area (Å²) in [5.41, 5.74) is 0.616. The van der Waals surface area contributed by atoms with Gasteiger partial charge >= 0.3 is 0 Å². The lowest BCUT2D eigenvalue weighted by Crippen LogP contribution is -2.32. The predicted molar refractivity (Wildman–Crippen MR) is 74.9 cm³/mol. The summed E-state index contributed by atoms with van der Waals surface area (Å²) in [5.74, 6) is 0.923. The summed E-state index contributed by atoms with van der Waals surface area (Å²) in [4.78, 5) is 14.3. The highest BCUT2D eigenvalue weighted by Crippen LogP contribution is 2.28. The van der Waals surface area contributed by atoms with Gasteiger partial charge in [-0.1, -0.05) is 0 Å². The van der Waals surface area contributed by atoms with Crippen molar-refractivity contribution in [1.82, 2.24) is 10.2 Å². The number of nitrogens with zero attached hydrogens (tertiary/aromatic N) is 1. The molecule has 2 atom stereocenters. The standard InChI is InChI=1S/C13H14FIN2O/c14-10-1-2-11(12(15)3-10)13(18)17-6-8-4-16-5-9(8)7-17/h1-3,8-9,16H,4-7H2. The number of halogens is 2. The van der Waals surface area contributed by atoms with Crippen LogP contribution in [0.2, 0.25) is 0 Å². The van der Waals surface area contributed by atoms with Gasteiger partial charge in [-0.05, 0) is 52.6 Å². The normalized spacial score (nSPS) is 26.4. The van der Waals surface area contributed by atoms with Crippen LogP contribution in [0, 0.1) is 21.2 Å². The minimum atomic E-state index is -0.293. The number of hydrogen-bond acceptors (Lipinski definition) is 2. The second-order valence-electron chi connectivity index (χ2n) is 5.01. The molecule has 0 aromatic heterocycles. The van der Waals surface area contributed by atoms with Gasteiger partial charge < -0.3 is 10.2 Å². The monoisotopic (exact) mass is 360 g/mol. The van der Waals surface area contributed by atoms with Crippen LogP contribution in [0.1, 0.15) is 10.4 Å². The molecule has 0 aliphatic carbocycles. The lowest BCUT2D eigenvalue weighted by molar-refractivity contribution is 0.0780. The van der Waals surface area contributed by atoms with Gasteiger partial charge in [0.1, 0.15) is 5.82 Å². The lowest BCUT2D eigenvalue weighted by Gasteiger charge is -2.18. The van der Waals surface area contributed by atoms with E-state index in [0.29, 0.717) is 21.0 Å². The Morgan fingerprint density at radius 3 is 2.61 bits per heavy atom. The van der Waals surface area contributed by atoms with E-state index in [1.165, 1.54) is 12.1 Å². The van der Waals surface area contributed by atoms with Crippen molar-refractivity contribution in [2.75, 3.05) is 26.2 Å². The van der Waals surface area contributed by atoms with Crippen molar-refractivity contribution in [2.24, 2.45) is 11.8 Å². The zero-order chi connectivity index (χ0) is 12.7. The minimum absolute atomic E-state index is 0.0359. The first-order valence-electron chi connectivity index (χ1n) is 6.10. The largest absolute Gasteiger partial charge is 0.338 e. The van der Waals surface area contributed by atoms with Crippen LogP contribution in [0.3, 0.4) is 0 Å². The van der Waals surface area contributed by atoms with Crippen LogP contribution in [-0.2, 0) is 0 Å². The van der Waals surface area contributed by atoms with Crippen molar-refractivity contribution in [3.63, 3.8) is 0 Å². The average molecular weight is 360 g/mol. The molecular weight excluding hydrogens is 346 g/mol. The summed E-state index contributed by atoms with van der Waals surface area (Å²) in [6.07, 6.45) is 0. The Hall–Kier alpha value is -0.690. The highest BCUT2D eigenvalue weighted by atomic mass is 127. The zero-order valence-corrected chi connectivity index (χ0v) is 12.0. The van der Waals surface area contributed by atoms with E-state index >= 15 is 0 Å². The Labute approximate surface area is 119 Å². The fourth-order valence-corrected chi connectivity index (χ4v) is 3.56. The molecule has 3 rings (SSSR count). The molecule has 1 aromatic rings. The van der Waals surface area contributed by atoms with Crippen molar-refractivity contribution in [3.05, 3.63) is 33.1 Å². The molecule has 1 amide bonds. The maximum absolute atomic E-state index is 13.0. The number of hydrogen-bond donors (Lipinski definition) is 1. The number of likely N-dealkylation sites (tertiary alicyclic amines) is 1. The summed E-state index contributed by atoms with van der Waals surface area (Å²) in [7, 11) is 0. The quantitative estimate of drug-likeness (QED) is 0.774. The van der Waals surface area contributed by atoms with Crippen molar-refractivity contribution >= 4 is 28.5 Å². The van der Waals surface area contributed by atoms with Crippen LogP contribution in [-0.4, -0.2) is 37.0 Å². The van der Waals surface area contributed by atoms with Gasteiger partial charge in [-0.25, -0.2) is 4.39 Å². The van der Waals surface area contributed by atoms with Crippen LogP contribution in [0.15, 0.2) is 18.2 Å². The van der Waals surface area contributed by atoms with Gasteiger partial charge in [-0.2, -0.15) is 0 Å².